The van der Waals surface area contributed by atoms with Crippen LogP contribution in [0, 0.1) is 12.7 Å². The summed E-state index contributed by atoms with van der Waals surface area (Å²) in [5.41, 5.74) is 2.86. The summed E-state index contributed by atoms with van der Waals surface area (Å²) in [5, 5.41) is 6.56. The van der Waals surface area contributed by atoms with Crippen molar-refractivity contribution >= 4 is 29.0 Å². The van der Waals surface area contributed by atoms with Crippen LogP contribution >= 0.6 is 11.6 Å². The van der Waals surface area contributed by atoms with Gasteiger partial charge in [-0.1, -0.05) is 29.8 Å². The Morgan fingerprint density at radius 2 is 1.88 bits per heavy atom. The molecule has 26 heavy (non-hydrogen) atoms. The highest BCUT2D eigenvalue weighted by molar-refractivity contribution is 6.31. The van der Waals surface area contributed by atoms with Gasteiger partial charge in [-0.15, -0.1) is 0 Å². The van der Waals surface area contributed by atoms with Crippen molar-refractivity contribution in [2.75, 3.05) is 10.6 Å². The molecule has 3 rings (SSSR count). The number of nitrogens with one attached hydrogen (secondary N) is 2. The average molecular weight is 370 g/mol. The second kappa shape index (κ2) is 7.97. The van der Waals surface area contributed by atoms with E-state index in [0.29, 0.717) is 28.6 Å². The Balaban J connectivity index is 1.62. The molecule has 0 aliphatic carbocycles. The fourth-order valence-corrected chi connectivity index (χ4v) is 2.54. The predicted octanol–water partition coefficient (Wildman–Crippen LogP) is 5.05. The van der Waals surface area contributed by atoms with Crippen LogP contribution in [0.25, 0.3) is 0 Å². The smallest absolute Gasteiger partial charge is 0.257 e. The zero-order valence-corrected chi connectivity index (χ0v) is 14.8. The van der Waals surface area contributed by atoms with E-state index in [1.165, 1.54) is 18.3 Å². The van der Waals surface area contributed by atoms with Gasteiger partial charge in [-0.3, -0.25) is 4.79 Å². The van der Waals surface area contributed by atoms with Crippen molar-refractivity contribution in [3.63, 3.8) is 0 Å². The number of hydrogen-bond acceptors (Lipinski definition) is 3. The molecule has 132 valence electrons. The van der Waals surface area contributed by atoms with E-state index < -0.39 is 0 Å². The van der Waals surface area contributed by atoms with Crippen LogP contribution in [0.1, 0.15) is 21.5 Å². The summed E-state index contributed by atoms with van der Waals surface area (Å²) < 4.78 is 12.9. The molecule has 1 amide bonds. The van der Waals surface area contributed by atoms with Crippen molar-refractivity contribution in [2.45, 2.75) is 13.5 Å². The second-order valence-electron chi connectivity index (χ2n) is 5.78. The molecular formula is C20H17ClFN3O. The summed E-state index contributed by atoms with van der Waals surface area (Å²) in [6.07, 6.45) is 1.50. The summed E-state index contributed by atoms with van der Waals surface area (Å²) >= 11 is 6.07. The molecule has 0 atom stereocenters. The van der Waals surface area contributed by atoms with Gasteiger partial charge in [0.1, 0.15) is 11.6 Å². The molecule has 0 unspecified atom stereocenters. The molecule has 2 aromatic carbocycles. The highest BCUT2D eigenvalue weighted by Gasteiger charge is 2.09. The van der Waals surface area contributed by atoms with Crippen LogP contribution < -0.4 is 10.6 Å². The van der Waals surface area contributed by atoms with Crippen LogP contribution in [0.5, 0.6) is 0 Å². The fourth-order valence-electron chi connectivity index (χ4n) is 2.36. The Kier molecular flexibility index (Phi) is 5.49. The number of rotatable bonds is 5. The third kappa shape index (κ3) is 4.37. The number of benzene rings is 2. The minimum absolute atomic E-state index is 0.257. The first-order valence-electron chi connectivity index (χ1n) is 8.04. The van der Waals surface area contributed by atoms with E-state index in [0.717, 1.165) is 11.1 Å². The van der Waals surface area contributed by atoms with Gasteiger partial charge in [0.05, 0.1) is 5.56 Å². The number of aromatic nitrogens is 1. The molecule has 0 aliphatic heterocycles. The van der Waals surface area contributed by atoms with Crippen molar-refractivity contribution < 1.29 is 9.18 Å². The molecule has 1 aromatic heterocycles. The predicted molar refractivity (Wildman–Crippen MR) is 102 cm³/mol. The zero-order valence-electron chi connectivity index (χ0n) is 14.1. The molecular weight excluding hydrogens is 353 g/mol. The van der Waals surface area contributed by atoms with Crippen LogP contribution in [0.4, 0.5) is 15.9 Å². The Labute approximate surface area is 156 Å². The number of amides is 1. The molecule has 0 saturated heterocycles. The lowest BCUT2D eigenvalue weighted by molar-refractivity contribution is 0.102. The standard InChI is InChI=1S/C20H17ClFN3O/c1-13-17(21)3-2-4-18(13)25-20(26)15-7-10-19(24-12-15)23-11-14-5-8-16(22)9-6-14/h2-10,12H,11H2,1H3,(H,23,24)(H,25,26). The molecule has 0 aliphatic rings. The van der Waals surface area contributed by atoms with Crippen LogP contribution in [-0.4, -0.2) is 10.9 Å². The SMILES string of the molecule is Cc1c(Cl)cccc1NC(=O)c1ccc(NCc2ccc(F)cc2)nc1. The van der Waals surface area contributed by atoms with Gasteiger partial charge in [-0.05, 0) is 54.4 Å². The largest absolute Gasteiger partial charge is 0.366 e. The van der Waals surface area contributed by atoms with Crippen molar-refractivity contribution in [3.05, 3.63) is 88.3 Å². The van der Waals surface area contributed by atoms with Crippen molar-refractivity contribution in [1.29, 1.82) is 0 Å². The quantitative estimate of drug-likeness (QED) is 0.662. The molecule has 0 radical (unpaired) electrons. The summed E-state index contributed by atoms with van der Waals surface area (Å²) in [7, 11) is 0. The molecule has 0 spiro atoms. The van der Waals surface area contributed by atoms with Crippen LogP contribution in [0.2, 0.25) is 5.02 Å². The summed E-state index contributed by atoms with van der Waals surface area (Å²) in [5.74, 6) is 0.106. The van der Waals surface area contributed by atoms with Gasteiger partial charge in [0.2, 0.25) is 0 Å². The Morgan fingerprint density at radius 1 is 1.12 bits per heavy atom. The number of carbonyl (C=O) groups excluding carboxylic acids is 1. The van der Waals surface area contributed by atoms with Crippen LogP contribution in [0.15, 0.2) is 60.8 Å². The molecule has 6 heteroatoms. The Hall–Kier alpha value is -2.92. The molecule has 1 heterocycles. The first kappa shape index (κ1) is 17.9. The summed E-state index contributed by atoms with van der Waals surface area (Å²) in [4.78, 5) is 16.6. The highest BCUT2D eigenvalue weighted by atomic mass is 35.5. The minimum Gasteiger partial charge on any atom is -0.366 e. The van der Waals surface area contributed by atoms with Crippen molar-refractivity contribution in [3.8, 4) is 0 Å². The third-order valence-electron chi connectivity index (χ3n) is 3.93. The molecule has 2 N–H and O–H groups in total. The minimum atomic E-state index is -0.266. The van der Waals surface area contributed by atoms with E-state index in [1.807, 2.05) is 6.92 Å². The van der Waals surface area contributed by atoms with E-state index in [1.54, 1.807) is 42.5 Å². The fraction of sp³-hybridized carbons (Fsp3) is 0.100. The number of pyridine rings is 1. The van der Waals surface area contributed by atoms with E-state index in [9.17, 15) is 9.18 Å². The summed E-state index contributed by atoms with van der Waals surface area (Å²) in [6.45, 7) is 2.36. The van der Waals surface area contributed by atoms with E-state index in [-0.39, 0.29) is 11.7 Å². The number of hydrogen-bond donors (Lipinski definition) is 2. The number of anilines is 2. The zero-order chi connectivity index (χ0) is 18.5. The average Bonchev–Trinajstić information content (AvgIpc) is 2.65. The maximum absolute atomic E-state index is 12.9. The van der Waals surface area contributed by atoms with Gasteiger partial charge in [0.25, 0.3) is 5.91 Å². The maximum Gasteiger partial charge on any atom is 0.257 e. The van der Waals surface area contributed by atoms with Crippen molar-refractivity contribution in [2.24, 2.45) is 0 Å². The molecule has 0 saturated carbocycles. The maximum atomic E-state index is 12.9. The summed E-state index contributed by atoms with van der Waals surface area (Å²) in [6, 6.07) is 15.0. The lowest BCUT2D eigenvalue weighted by Crippen LogP contribution is -2.13. The van der Waals surface area contributed by atoms with E-state index >= 15 is 0 Å². The Morgan fingerprint density at radius 3 is 2.58 bits per heavy atom. The molecule has 4 nitrogen and oxygen atoms in total. The molecule has 3 aromatic rings. The number of halogens is 2. The normalized spacial score (nSPS) is 10.4. The van der Waals surface area contributed by atoms with Gasteiger partial charge in [0, 0.05) is 23.5 Å². The van der Waals surface area contributed by atoms with Crippen LogP contribution in [-0.2, 0) is 6.54 Å². The topological polar surface area (TPSA) is 54.0 Å². The van der Waals surface area contributed by atoms with E-state index in [2.05, 4.69) is 15.6 Å². The van der Waals surface area contributed by atoms with Gasteiger partial charge in [0.15, 0.2) is 0 Å². The van der Waals surface area contributed by atoms with Crippen molar-refractivity contribution in [1.82, 2.24) is 4.98 Å². The first-order valence-corrected chi connectivity index (χ1v) is 8.41. The second-order valence-corrected chi connectivity index (χ2v) is 6.19. The van der Waals surface area contributed by atoms with Gasteiger partial charge >= 0.3 is 0 Å². The third-order valence-corrected chi connectivity index (χ3v) is 4.34. The van der Waals surface area contributed by atoms with Gasteiger partial charge < -0.3 is 10.6 Å². The Bertz CT molecular complexity index is 911. The first-order chi connectivity index (χ1) is 12.5. The monoisotopic (exact) mass is 369 g/mol. The number of carbonyl (C=O) groups is 1. The molecule has 0 fully saturated rings. The van der Waals surface area contributed by atoms with Gasteiger partial charge in [-0.25, -0.2) is 9.37 Å². The van der Waals surface area contributed by atoms with Gasteiger partial charge in [-0.2, -0.15) is 0 Å². The van der Waals surface area contributed by atoms with E-state index in [4.69, 9.17) is 11.6 Å². The highest BCUT2D eigenvalue weighted by Crippen LogP contribution is 2.23. The number of nitrogens with zero attached hydrogens (tertiary/aromatic N) is 1. The van der Waals surface area contributed by atoms with Crippen LogP contribution in [0.3, 0.4) is 0 Å². The lowest BCUT2D eigenvalue weighted by atomic mass is 10.2. The molecule has 0 bridgehead atoms. The lowest BCUT2D eigenvalue weighted by Gasteiger charge is -2.10.